The third-order valence-corrected chi connectivity index (χ3v) is 2.93. The van der Waals surface area contributed by atoms with Crippen molar-refractivity contribution in [2.24, 2.45) is 0 Å². The molecule has 0 aliphatic carbocycles. The largest absolute Gasteiger partial charge is 0.428 e. The fraction of sp³-hybridized carbons (Fsp3) is 0.182. The molecule has 1 aromatic carbocycles. The lowest BCUT2D eigenvalue weighted by Crippen LogP contribution is -1.95. The minimum absolute atomic E-state index is 0.246. The third kappa shape index (κ3) is 2.14. The maximum Gasteiger partial charge on any atom is 0.315 e. The van der Waals surface area contributed by atoms with Crippen molar-refractivity contribution in [3.8, 4) is 11.3 Å². The van der Waals surface area contributed by atoms with Gasteiger partial charge in [0.1, 0.15) is 0 Å². The molecule has 0 radical (unpaired) electrons. The zero-order valence-corrected chi connectivity index (χ0v) is 9.78. The maximum atomic E-state index is 11.2. The van der Waals surface area contributed by atoms with Crippen LogP contribution in [0.5, 0.6) is 0 Å². The number of aryl methyl sites for hydroxylation is 1. The van der Waals surface area contributed by atoms with Gasteiger partial charge in [0.15, 0.2) is 5.76 Å². The standard InChI is InChI=1S/C11H11NO3S/c1-8-4-3-5-9(6-8)10-7-12-11(15-10)16(2,13)14/h3-7H,1-2H3. The summed E-state index contributed by atoms with van der Waals surface area (Å²) in [5.41, 5.74) is 1.90. The topological polar surface area (TPSA) is 60.2 Å². The number of oxazole rings is 1. The van der Waals surface area contributed by atoms with Gasteiger partial charge in [-0.2, -0.15) is 0 Å². The molecule has 0 fully saturated rings. The zero-order valence-electron chi connectivity index (χ0n) is 8.97. The summed E-state index contributed by atoms with van der Waals surface area (Å²) in [6.07, 6.45) is 2.49. The second-order valence-corrected chi connectivity index (χ2v) is 5.53. The Balaban J connectivity index is 2.47. The molecule has 0 atom stereocenters. The van der Waals surface area contributed by atoms with E-state index < -0.39 is 9.84 Å². The molecule has 0 N–H and O–H groups in total. The number of nitrogens with zero attached hydrogens (tertiary/aromatic N) is 1. The van der Waals surface area contributed by atoms with E-state index in [1.54, 1.807) is 0 Å². The normalized spacial score (nSPS) is 11.6. The molecule has 0 unspecified atom stereocenters. The van der Waals surface area contributed by atoms with E-state index in [4.69, 9.17) is 4.42 Å². The average molecular weight is 237 g/mol. The minimum atomic E-state index is -3.38. The van der Waals surface area contributed by atoms with Crippen molar-refractivity contribution in [1.82, 2.24) is 4.98 Å². The lowest BCUT2D eigenvalue weighted by atomic mass is 10.1. The summed E-state index contributed by atoms with van der Waals surface area (Å²) < 4.78 is 27.6. The van der Waals surface area contributed by atoms with E-state index >= 15 is 0 Å². The van der Waals surface area contributed by atoms with Crippen LogP contribution in [0.1, 0.15) is 5.56 Å². The summed E-state index contributed by atoms with van der Waals surface area (Å²) in [4.78, 5) is 3.74. The molecule has 0 aliphatic rings. The Morgan fingerprint density at radius 3 is 2.62 bits per heavy atom. The van der Waals surface area contributed by atoms with Crippen molar-refractivity contribution in [2.75, 3.05) is 6.26 Å². The van der Waals surface area contributed by atoms with Crippen LogP contribution in [-0.2, 0) is 9.84 Å². The lowest BCUT2D eigenvalue weighted by Gasteiger charge is -1.97. The zero-order chi connectivity index (χ0) is 11.8. The Morgan fingerprint density at radius 1 is 1.31 bits per heavy atom. The fourth-order valence-electron chi connectivity index (χ4n) is 1.36. The molecule has 1 heterocycles. The van der Waals surface area contributed by atoms with Gasteiger partial charge in [0, 0.05) is 11.8 Å². The van der Waals surface area contributed by atoms with Gasteiger partial charge in [0.2, 0.25) is 9.84 Å². The number of hydrogen-bond donors (Lipinski definition) is 0. The van der Waals surface area contributed by atoms with Crippen molar-refractivity contribution >= 4 is 9.84 Å². The highest BCUT2D eigenvalue weighted by Gasteiger charge is 2.15. The van der Waals surface area contributed by atoms with Gasteiger partial charge < -0.3 is 4.42 Å². The van der Waals surface area contributed by atoms with Crippen LogP contribution in [-0.4, -0.2) is 19.7 Å². The molecule has 2 aromatic rings. The molecule has 0 spiro atoms. The quantitative estimate of drug-likeness (QED) is 0.802. The molecule has 0 bridgehead atoms. The van der Waals surface area contributed by atoms with E-state index in [1.165, 1.54) is 6.20 Å². The van der Waals surface area contributed by atoms with Crippen LogP contribution in [0.3, 0.4) is 0 Å². The number of benzene rings is 1. The van der Waals surface area contributed by atoms with Gasteiger partial charge in [-0.1, -0.05) is 23.8 Å². The molecule has 0 aliphatic heterocycles. The molecule has 5 heteroatoms. The van der Waals surface area contributed by atoms with E-state index in [1.807, 2.05) is 31.2 Å². The van der Waals surface area contributed by atoms with Crippen molar-refractivity contribution < 1.29 is 12.8 Å². The number of hydrogen-bond acceptors (Lipinski definition) is 4. The van der Waals surface area contributed by atoms with Crippen molar-refractivity contribution in [3.05, 3.63) is 36.0 Å². The molecule has 2 rings (SSSR count). The number of sulfone groups is 1. The molecular formula is C11H11NO3S. The van der Waals surface area contributed by atoms with Gasteiger partial charge >= 0.3 is 5.22 Å². The Labute approximate surface area is 93.9 Å². The summed E-state index contributed by atoms with van der Waals surface area (Å²) in [6.45, 7) is 1.96. The first kappa shape index (κ1) is 10.9. The highest BCUT2D eigenvalue weighted by atomic mass is 32.2. The van der Waals surface area contributed by atoms with Gasteiger partial charge in [-0.3, -0.25) is 0 Å². The first-order chi connectivity index (χ1) is 7.47. The monoisotopic (exact) mass is 237 g/mol. The Kier molecular flexibility index (Phi) is 2.55. The van der Waals surface area contributed by atoms with E-state index in [-0.39, 0.29) is 5.22 Å². The molecule has 16 heavy (non-hydrogen) atoms. The molecule has 4 nitrogen and oxygen atoms in total. The molecule has 0 saturated heterocycles. The summed E-state index contributed by atoms with van der Waals surface area (Å²) in [6, 6.07) is 7.59. The van der Waals surface area contributed by atoms with E-state index in [0.717, 1.165) is 17.4 Å². The van der Waals surface area contributed by atoms with Crippen LogP contribution in [0.15, 0.2) is 40.1 Å². The predicted octanol–water partition coefficient (Wildman–Crippen LogP) is 2.05. The summed E-state index contributed by atoms with van der Waals surface area (Å²) in [7, 11) is -3.38. The molecule has 84 valence electrons. The van der Waals surface area contributed by atoms with E-state index in [2.05, 4.69) is 4.98 Å². The maximum absolute atomic E-state index is 11.2. The molecule has 0 saturated carbocycles. The van der Waals surface area contributed by atoms with Crippen LogP contribution < -0.4 is 0 Å². The smallest absolute Gasteiger partial charge is 0.315 e. The van der Waals surface area contributed by atoms with Crippen LogP contribution in [0, 0.1) is 6.92 Å². The van der Waals surface area contributed by atoms with Crippen LogP contribution in [0.2, 0.25) is 0 Å². The van der Waals surface area contributed by atoms with E-state index in [0.29, 0.717) is 5.76 Å². The van der Waals surface area contributed by atoms with Crippen LogP contribution >= 0.6 is 0 Å². The van der Waals surface area contributed by atoms with Crippen LogP contribution in [0.4, 0.5) is 0 Å². The molecule has 0 amide bonds. The second kappa shape index (κ2) is 3.75. The first-order valence-electron chi connectivity index (χ1n) is 4.70. The lowest BCUT2D eigenvalue weighted by molar-refractivity contribution is 0.442. The van der Waals surface area contributed by atoms with Crippen molar-refractivity contribution in [1.29, 1.82) is 0 Å². The Bertz CT molecular complexity index is 614. The van der Waals surface area contributed by atoms with Crippen molar-refractivity contribution in [2.45, 2.75) is 12.1 Å². The van der Waals surface area contributed by atoms with Gasteiger partial charge in [0.05, 0.1) is 6.20 Å². The number of aromatic nitrogens is 1. The summed E-state index contributed by atoms with van der Waals surface area (Å²) in [5.74, 6) is 0.462. The third-order valence-electron chi connectivity index (χ3n) is 2.10. The highest BCUT2D eigenvalue weighted by molar-refractivity contribution is 7.90. The first-order valence-corrected chi connectivity index (χ1v) is 6.59. The Morgan fingerprint density at radius 2 is 2.06 bits per heavy atom. The summed E-state index contributed by atoms with van der Waals surface area (Å²) in [5, 5.41) is -0.246. The average Bonchev–Trinajstić information content (AvgIpc) is 2.65. The molecule has 1 aromatic heterocycles. The van der Waals surface area contributed by atoms with Gasteiger partial charge in [-0.25, -0.2) is 13.4 Å². The number of rotatable bonds is 2. The minimum Gasteiger partial charge on any atom is -0.428 e. The SMILES string of the molecule is Cc1cccc(-c2cnc(S(C)(=O)=O)o2)c1. The second-order valence-electron chi connectivity index (χ2n) is 3.63. The summed E-state index contributed by atoms with van der Waals surface area (Å²) >= 11 is 0. The van der Waals surface area contributed by atoms with Gasteiger partial charge in [-0.05, 0) is 13.0 Å². The van der Waals surface area contributed by atoms with E-state index in [9.17, 15) is 8.42 Å². The predicted molar refractivity (Wildman–Crippen MR) is 59.8 cm³/mol. The molecular weight excluding hydrogens is 226 g/mol. The fourth-order valence-corrected chi connectivity index (χ4v) is 1.85. The van der Waals surface area contributed by atoms with Gasteiger partial charge in [0.25, 0.3) is 0 Å². The highest BCUT2D eigenvalue weighted by Crippen LogP contribution is 2.22. The van der Waals surface area contributed by atoms with Crippen molar-refractivity contribution in [3.63, 3.8) is 0 Å². The Hall–Kier alpha value is -1.62. The van der Waals surface area contributed by atoms with Gasteiger partial charge in [-0.15, -0.1) is 0 Å². The van der Waals surface area contributed by atoms with Crippen LogP contribution in [0.25, 0.3) is 11.3 Å².